The lowest BCUT2D eigenvalue weighted by Gasteiger charge is -2.10. The highest BCUT2D eigenvalue weighted by Crippen LogP contribution is 2.28. The van der Waals surface area contributed by atoms with Crippen molar-refractivity contribution in [1.29, 1.82) is 0 Å². The number of hydrogen-bond acceptors (Lipinski definition) is 5. The van der Waals surface area contributed by atoms with E-state index in [0.29, 0.717) is 11.7 Å². The SMILES string of the molecule is C=CCn1c(SC(C)C(=O)OC)nnc1-c1ccc(Br)cc1. The number of ether oxygens (including phenoxy) is 1. The predicted octanol–water partition coefficient (Wildman–Crippen LogP) is 3.55. The molecule has 0 aliphatic carbocycles. The number of halogens is 1. The molecule has 0 saturated carbocycles. The molecule has 0 radical (unpaired) electrons. The number of carbonyl (C=O) groups excluding carboxylic acids is 1. The van der Waals surface area contributed by atoms with Gasteiger partial charge in [0.1, 0.15) is 5.25 Å². The average molecular weight is 382 g/mol. The Hall–Kier alpha value is -1.60. The van der Waals surface area contributed by atoms with Gasteiger partial charge in [0.25, 0.3) is 0 Å². The molecule has 7 heteroatoms. The minimum absolute atomic E-state index is 0.289. The topological polar surface area (TPSA) is 57.0 Å². The van der Waals surface area contributed by atoms with E-state index < -0.39 is 0 Å². The normalized spacial score (nSPS) is 12.0. The zero-order chi connectivity index (χ0) is 16.1. The maximum atomic E-state index is 11.6. The van der Waals surface area contributed by atoms with Gasteiger partial charge in [-0.05, 0) is 19.1 Å². The molecule has 0 saturated heterocycles. The van der Waals surface area contributed by atoms with E-state index in [1.807, 2.05) is 28.8 Å². The first-order valence-electron chi connectivity index (χ1n) is 6.61. The van der Waals surface area contributed by atoms with Crippen molar-refractivity contribution >= 4 is 33.7 Å². The molecule has 5 nitrogen and oxygen atoms in total. The van der Waals surface area contributed by atoms with Crippen LogP contribution in [0.1, 0.15) is 6.92 Å². The number of hydrogen-bond donors (Lipinski definition) is 0. The number of nitrogens with zero attached hydrogens (tertiary/aromatic N) is 3. The highest BCUT2D eigenvalue weighted by atomic mass is 79.9. The zero-order valence-corrected chi connectivity index (χ0v) is 14.7. The van der Waals surface area contributed by atoms with Crippen molar-refractivity contribution in [3.8, 4) is 11.4 Å². The standard InChI is InChI=1S/C15H16BrN3O2S/c1-4-9-19-13(11-5-7-12(16)8-6-11)17-18-15(19)22-10(2)14(20)21-3/h4-8,10H,1,9H2,2-3H3. The van der Waals surface area contributed by atoms with Gasteiger partial charge in [-0.3, -0.25) is 9.36 Å². The molecule has 2 aromatic rings. The van der Waals surface area contributed by atoms with Gasteiger partial charge in [0, 0.05) is 16.6 Å². The van der Waals surface area contributed by atoms with Crippen LogP contribution < -0.4 is 0 Å². The summed E-state index contributed by atoms with van der Waals surface area (Å²) in [5.41, 5.74) is 0.954. The maximum Gasteiger partial charge on any atom is 0.318 e. The number of carbonyl (C=O) groups is 1. The summed E-state index contributed by atoms with van der Waals surface area (Å²) in [4.78, 5) is 11.6. The number of methoxy groups -OCH3 is 1. The van der Waals surface area contributed by atoms with Crippen molar-refractivity contribution in [3.63, 3.8) is 0 Å². The molecule has 22 heavy (non-hydrogen) atoms. The third-order valence-electron chi connectivity index (χ3n) is 2.95. The summed E-state index contributed by atoms with van der Waals surface area (Å²) >= 11 is 4.73. The van der Waals surface area contributed by atoms with Crippen LogP contribution in [0.15, 0.2) is 46.5 Å². The molecule has 0 spiro atoms. The fourth-order valence-electron chi connectivity index (χ4n) is 1.85. The first-order chi connectivity index (χ1) is 10.6. The summed E-state index contributed by atoms with van der Waals surface area (Å²) in [7, 11) is 1.38. The van der Waals surface area contributed by atoms with E-state index in [-0.39, 0.29) is 11.2 Å². The van der Waals surface area contributed by atoms with Crippen LogP contribution in [0.3, 0.4) is 0 Å². The van der Waals surface area contributed by atoms with E-state index in [4.69, 9.17) is 4.74 Å². The average Bonchev–Trinajstić information content (AvgIpc) is 2.90. The van der Waals surface area contributed by atoms with E-state index >= 15 is 0 Å². The molecule has 1 unspecified atom stereocenters. The molecule has 1 aromatic heterocycles. The van der Waals surface area contributed by atoms with Gasteiger partial charge in [-0.2, -0.15) is 0 Å². The smallest absolute Gasteiger partial charge is 0.318 e. The van der Waals surface area contributed by atoms with Crippen LogP contribution in [-0.4, -0.2) is 33.1 Å². The second-order valence-electron chi connectivity index (χ2n) is 4.50. The lowest BCUT2D eigenvalue weighted by atomic mass is 10.2. The van der Waals surface area contributed by atoms with Gasteiger partial charge in [-0.25, -0.2) is 0 Å². The fraction of sp³-hybridized carbons (Fsp3) is 0.267. The Balaban J connectivity index is 2.34. The van der Waals surface area contributed by atoms with Gasteiger partial charge >= 0.3 is 5.97 Å². The first-order valence-corrected chi connectivity index (χ1v) is 8.28. The molecule has 0 fully saturated rings. The molecular weight excluding hydrogens is 366 g/mol. The van der Waals surface area contributed by atoms with E-state index in [2.05, 4.69) is 32.7 Å². The zero-order valence-electron chi connectivity index (χ0n) is 12.3. The number of allylic oxidation sites excluding steroid dienone is 1. The Morgan fingerprint density at radius 3 is 2.73 bits per heavy atom. The van der Waals surface area contributed by atoms with Gasteiger partial charge in [-0.1, -0.05) is 45.9 Å². The molecule has 1 atom stereocenters. The van der Waals surface area contributed by atoms with Crippen molar-refractivity contribution < 1.29 is 9.53 Å². The third kappa shape index (κ3) is 3.78. The molecule has 0 aliphatic heterocycles. The Morgan fingerprint density at radius 1 is 1.45 bits per heavy atom. The molecule has 116 valence electrons. The predicted molar refractivity (Wildman–Crippen MR) is 90.7 cm³/mol. The highest BCUT2D eigenvalue weighted by molar-refractivity contribution is 9.10. The Kier molecular flexibility index (Phi) is 5.79. The molecule has 0 aliphatic rings. The second kappa shape index (κ2) is 7.60. The highest BCUT2D eigenvalue weighted by Gasteiger charge is 2.20. The minimum atomic E-state index is -0.351. The van der Waals surface area contributed by atoms with Crippen LogP contribution in [-0.2, 0) is 16.1 Å². The molecule has 0 N–H and O–H groups in total. The molecule has 0 amide bonds. The van der Waals surface area contributed by atoms with Crippen LogP contribution in [0.4, 0.5) is 0 Å². The quantitative estimate of drug-likeness (QED) is 0.435. The van der Waals surface area contributed by atoms with Gasteiger partial charge in [0.05, 0.1) is 7.11 Å². The summed E-state index contributed by atoms with van der Waals surface area (Å²) in [5.74, 6) is 0.454. The first kappa shape index (κ1) is 16.8. The molecule has 2 rings (SSSR count). The van der Waals surface area contributed by atoms with Crippen LogP contribution in [0.2, 0.25) is 0 Å². The maximum absolute atomic E-state index is 11.6. The van der Waals surface area contributed by atoms with E-state index in [9.17, 15) is 4.79 Å². The molecule has 0 bridgehead atoms. The molecule has 1 heterocycles. The number of thioether (sulfide) groups is 1. The Labute approximate surface area is 141 Å². The van der Waals surface area contributed by atoms with Gasteiger partial charge in [0.15, 0.2) is 11.0 Å². The van der Waals surface area contributed by atoms with Crippen LogP contribution in [0.25, 0.3) is 11.4 Å². The van der Waals surface area contributed by atoms with Crippen molar-refractivity contribution in [2.24, 2.45) is 0 Å². The summed E-state index contributed by atoms with van der Waals surface area (Å²) in [6.07, 6.45) is 1.78. The van der Waals surface area contributed by atoms with Gasteiger partial charge < -0.3 is 4.74 Å². The summed E-state index contributed by atoms with van der Waals surface area (Å²) < 4.78 is 7.68. The largest absolute Gasteiger partial charge is 0.468 e. The number of rotatable bonds is 6. The number of esters is 1. The minimum Gasteiger partial charge on any atom is -0.468 e. The summed E-state index contributed by atoms with van der Waals surface area (Å²) in [6, 6.07) is 7.83. The Morgan fingerprint density at radius 2 is 2.14 bits per heavy atom. The van der Waals surface area contributed by atoms with Crippen LogP contribution in [0, 0.1) is 0 Å². The third-order valence-corrected chi connectivity index (χ3v) is 4.53. The van der Waals surface area contributed by atoms with Gasteiger partial charge in [-0.15, -0.1) is 16.8 Å². The monoisotopic (exact) mass is 381 g/mol. The van der Waals surface area contributed by atoms with E-state index in [1.165, 1.54) is 18.9 Å². The van der Waals surface area contributed by atoms with E-state index in [1.54, 1.807) is 13.0 Å². The van der Waals surface area contributed by atoms with Crippen molar-refractivity contribution in [3.05, 3.63) is 41.4 Å². The second-order valence-corrected chi connectivity index (χ2v) is 6.72. The lowest BCUT2D eigenvalue weighted by molar-refractivity contribution is -0.139. The number of aromatic nitrogens is 3. The lowest BCUT2D eigenvalue weighted by Crippen LogP contribution is -2.15. The Bertz CT molecular complexity index is 670. The summed E-state index contributed by atoms with van der Waals surface area (Å²) in [6.45, 7) is 6.12. The van der Waals surface area contributed by atoms with Crippen LogP contribution in [0.5, 0.6) is 0 Å². The van der Waals surface area contributed by atoms with Gasteiger partial charge in [0.2, 0.25) is 0 Å². The summed E-state index contributed by atoms with van der Waals surface area (Å²) in [5, 5.41) is 8.76. The molecule has 1 aromatic carbocycles. The van der Waals surface area contributed by atoms with Crippen LogP contribution >= 0.6 is 27.7 Å². The fourth-order valence-corrected chi connectivity index (χ4v) is 3.00. The number of benzene rings is 1. The van der Waals surface area contributed by atoms with Crippen molar-refractivity contribution in [2.75, 3.05) is 7.11 Å². The molecular formula is C15H16BrN3O2S. The van der Waals surface area contributed by atoms with E-state index in [0.717, 1.165) is 15.9 Å². The van der Waals surface area contributed by atoms with Crippen molar-refractivity contribution in [2.45, 2.75) is 23.9 Å². The van der Waals surface area contributed by atoms with Crippen molar-refractivity contribution in [1.82, 2.24) is 14.8 Å².